The third kappa shape index (κ3) is 8.27. The lowest BCUT2D eigenvalue weighted by molar-refractivity contribution is 0.462. The second kappa shape index (κ2) is 12.3. The molecule has 0 amide bonds. The van der Waals surface area contributed by atoms with Crippen LogP contribution in [0.1, 0.15) is 37.6 Å². The van der Waals surface area contributed by atoms with Crippen LogP contribution in [-0.2, 0) is 35.9 Å². The van der Waals surface area contributed by atoms with Crippen molar-refractivity contribution in [3.63, 3.8) is 0 Å². The molecule has 1 aromatic heterocycles. The third-order valence-electron chi connectivity index (χ3n) is 4.43. The summed E-state index contributed by atoms with van der Waals surface area (Å²) in [6.07, 6.45) is 2.02. The topological polar surface area (TPSA) is 78.7 Å². The van der Waals surface area contributed by atoms with E-state index in [9.17, 15) is 8.42 Å². The number of hydrogen-bond acceptors (Lipinski definition) is 3. The van der Waals surface area contributed by atoms with Crippen molar-refractivity contribution in [3.05, 3.63) is 59.4 Å². The molecule has 1 heterocycles. The van der Waals surface area contributed by atoms with Gasteiger partial charge in [0.1, 0.15) is 0 Å². The molecule has 0 aliphatic rings. The van der Waals surface area contributed by atoms with Crippen LogP contribution in [0.15, 0.2) is 47.6 Å². The second-order valence-electron chi connectivity index (χ2n) is 7.44. The molecule has 0 aliphatic heterocycles. The van der Waals surface area contributed by atoms with Gasteiger partial charge in [-0.15, -0.1) is 24.0 Å². The Labute approximate surface area is 198 Å². The minimum atomic E-state index is -3.39. The van der Waals surface area contributed by atoms with E-state index >= 15 is 0 Å². The highest BCUT2D eigenvalue weighted by atomic mass is 127. The fourth-order valence-corrected chi connectivity index (χ4v) is 4.56. The summed E-state index contributed by atoms with van der Waals surface area (Å²) in [6, 6.07) is 11.5. The maximum absolute atomic E-state index is 12.4. The number of aliphatic imine (C=N–C) groups is 1. The number of nitrogens with zero attached hydrogens (tertiary/aromatic N) is 3. The molecule has 0 radical (unpaired) electrons. The Hall–Kier alpha value is -1.59. The van der Waals surface area contributed by atoms with Gasteiger partial charge in [-0.2, -0.15) is 0 Å². The number of sulfonamides is 1. The predicted molar refractivity (Wildman–Crippen MR) is 134 cm³/mol. The SMILES string of the molecule is CCNC(=NCc1ccccc1CS(=O)(=O)NC(C)C)N(C)Cc1cccn1C.I. The van der Waals surface area contributed by atoms with Gasteiger partial charge in [0.05, 0.1) is 18.8 Å². The Morgan fingerprint density at radius 3 is 2.40 bits per heavy atom. The van der Waals surface area contributed by atoms with Crippen molar-refractivity contribution < 1.29 is 8.42 Å². The van der Waals surface area contributed by atoms with Crippen molar-refractivity contribution >= 4 is 40.0 Å². The van der Waals surface area contributed by atoms with E-state index in [-0.39, 0.29) is 35.8 Å². The fraction of sp³-hybridized carbons (Fsp3) is 0.476. The molecule has 9 heteroatoms. The van der Waals surface area contributed by atoms with E-state index < -0.39 is 10.0 Å². The average molecular weight is 548 g/mol. The van der Waals surface area contributed by atoms with Gasteiger partial charge in [-0.25, -0.2) is 18.1 Å². The number of hydrogen-bond donors (Lipinski definition) is 2. The molecule has 2 aromatic rings. The van der Waals surface area contributed by atoms with Crippen molar-refractivity contribution in [2.45, 2.75) is 45.7 Å². The standard InChI is InChI=1S/C21H33N5O2S.HI/c1-6-22-21(26(5)15-20-12-9-13-25(20)4)23-14-18-10-7-8-11-19(18)16-29(27,28)24-17(2)3;/h7-13,17,24H,6,14-16H2,1-5H3,(H,22,23);1H. The molecule has 0 spiro atoms. The van der Waals surface area contributed by atoms with Crippen LogP contribution in [0, 0.1) is 0 Å². The van der Waals surface area contributed by atoms with Gasteiger partial charge >= 0.3 is 0 Å². The van der Waals surface area contributed by atoms with E-state index in [1.165, 1.54) is 5.69 Å². The molecule has 0 bridgehead atoms. The van der Waals surface area contributed by atoms with Gasteiger partial charge in [0, 0.05) is 38.6 Å². The fourth-order valence-electron chi connectivity index (χ4n) is 3.07. The minimum absolute atomic E-state index is 0. The second-order valence-corrected chi connectivity index (χ2v) is 9.19. The summed E-state index contributed by atoms with van der Waals surface area (Å²) < 4.78 is 29.4. The summed E-state index contributed by atoms with van der Waals surface area (Å²) in [6.45, 7) is 7.56. The quantitative estimate of drug-likeness (QED) is 0.288. The molecule has 2 rings (SSSR count). The molecule has 2 N–H and O–H groups in total. The van der Waals surface area contributed by atoms with Gasteiger partial charge in [-0.05, 0) is 44.0 Å². The molecule has 0 unspecified atom stereocenters. The maximum atomic E-state index is 12.4. The largest absolute Gasteiger partial charge is 0.357 e. The average Bonchev–Trinajstić information content (AvgIpc) is 3.03. The summed E-state index contributed by atoms with van der Waals surface area (Å²) in [5, 5.41) is 3.31. The Bertz CT molecular complexity index is 925. The highest BCUT2D eigenvalue weighted by molar-refractivity contribution is 14.0. The first-order valence-electron chi connectivity index (χ1n) is 9.88. The zero-order chi connectivity index (χ0) is 21.4. The molecule has 30 heavy (non-hydrogen) atoms. The number of aryl methyl sites for hydroxylation is 1. The Morgan fingerprint density at radius 2 is 1.83 bits per heavy atom. The van der Waals surface area contributed by atoms with E-state index in [0.717, 1.165) is 30.2 Å². The smallest absolute Gasteiger partial charge is 0.216 e. The number of halogens is 1. The first-order valence-corrected chi connectivity index (χ1v) is 11.5. The van der Waals surface area contributed by atoms with Gasteiger partial charge in [-0.3, -0.25) is 0 Å². The highest BCUT2D eigenvalue weighted by Gasteiger charge is 2.15. The van der Waals surface area contributed by atoms with Crippen molar-refractivity contribution in [2.75, 3.05) is 13.6 Å². The van der Waals surface area contributed by atoms with Gasteiger partial charge in [0.25, 0.3) is 0 Å². The molecule has 0 saturated heterocycles. The number of rotatable bonds is 9. The van der Waals surface area contributed by atoms with Gasteiger partial charge in [0.2, 0.25) is 10.0 Å². The highest BCUT2D eigenvalue weighted by Crippen LogP contribution is 2.14. The van der Waals surface area contributed by atoms with Crippen molar-refractivity contribution in [1.82, 2.24) is 19.5 Å². The van der Waals surface area contributed by atoms with Crippen LogP contribution >= 0.6 is 24.0 Å². The molecule has 7 nitrogen and oxygen atoms in total. The van der Waals surface area contributed by atoms with Crippen LogP contribution < -0.4 is 10.0 Å². The zero-order valence-corrected chi connectivity index (χ0v) is 21.6. The third-order valence-corrected chi connectivity index (χ3v) is 5.95. The van der Waals surface area contributed by atoms with Crippen LogP contribution in [0.4, 0.5) is 0 Å². The zero-order valence-electron chi connectivity index (χ0n) is 18.4. The van der Waals surface area contributed by atoms with Crippen LogP contribution in [0.2, 0.25) is 0 Å². The summed E-state index contributed by atoms with van der Waals surface area (Å²) in [4.78, 5) is 6.82. The molecular formula is C21H34IN5O2S. The van der Waals surface area contributed by atoms with E-state index in [1.54, 1.807) is 0 Å². The first-order chi connectivity index (χ1) is 13.7. The summed E-state index contributed by atoms with van der Waals surface area (Å²) >= 11 is 0. The van der Waals surface area contributed by atoms with Crippen LogP contribution in [-0.4, -0.2) is 43.5 Å². The molecule has 0 saturated carbocycles. The van der Waals surface area contributed by atoms with Crippen LogP contribution in [0.3, 0.4) is 0 Å². The van der Waals surface area contributed by atoms with Crippen molar-refractivity contribution in [1.29, 1.82) is 0 Å². The summed E-state index contributed by atoms with van der Waals surface area (Å²) in [7, 11) is 0.633. The number of benzene rings is 1. The van der Waals surface area contributed by atoms with E-state index in [2.05, 4.69) is 25.6 Å². The molecule has 0 aliphatic carbocycles. The molecule has 168 valence electrons. The number of aromatic nitrogens is 1. The Kier molecular flexibility index (Phi) is 10.9. The Balaban J connectivity index is 0.00000450. The van der Waals surface area contributed by atoms with Gasteiger partial charge < -0.3 is 14.8 Å². The summed E-state index contributed by atoms with van der Waals surface area (Å²) in [5.41, 5.74) is 2.86. The van der Waals surface area contributed by atoms with E-state index in [0.29, 0.717) is 6.54 Å². The molecule has 1 aromatic carbocycles. The minimum Gasteiger partial charge on any atom is -0.357 e. The normalized spacial score (nSPS) is 12.0. The van der Waals surface area contributed by atoms with Crippen molar-refractivity contribution in [3.8, 4) is 0 Å². The van der Waals surface area contributed by atoms with Gasteiger partial charge in [-0.1, -0.05) is 24.3 Å². The summed E-state index contributed by atoms with van der Waals surface area (Å²) in [5.74, 6) is 0.735. The van der Waals surface area contributed by atoms with Gasteiger partial charge in [0.15, 0.2) is 5.96 Å². The lowest BCUT2D eigenvalue weighted by atomic mass is 10.1. The maximum Gasteiger partial charge on any atom is 0.216 e. The van der Waals surface area contributed by atoms with Crippen LogP contribution in [0.5, 0.6) is 0 Å². The number of nitrogens with one attached hydrogen (secondary N) is 2. The molecule has 0 atom stereocenters. The van der Waals surface area contributed by atoms with Crippen molar-refractivity contribution in [2.24, 2.45) is 12.0 Å². The van der Waals surface area contributed by atoms with E-state index in [1.807, 2.05) is 71.4 Å². The van der Waals surface area contributed by atoms with Crippen LogP contribution in [0.25, 0.3) is 0 Å². The molecule has 0 fully saturated rings. The molecular weight excluding hydrogens is 513 g/mol. The first kappa shape index (κ1) is 26.4. The monoisotopic (exact) mass is 547 g/mol. The number of guanidine groups is 1. The Morgan fingerprint density at radius 1 is 1.17 bits per heavy atom. The van der Waals surface area contributed by atoms with E-state index in [4.69, 9.17) is 4.99 Å². The lowest BCUT2D eigenvalue weighted by Crippen LogP contribution is -2.38. The predicted octanol–water partition coefficient (Wildman–Crippen LogP) is 3.07. The lowest BCUT2D eigenvalue weighted by Gasteiger charge is -2.22.